The van der Waals surface area contributed by atoms with Crippen LogP contribution in [-0.4, -0.2) is 44.8 Å². The van der Waals surface area contributed by atoms with Crippen molar-refractivity contribution in [2.24, 2.45) is 5.41 Å². The number of alkyl halides is 3. The first-order valence-corrected chi connectivity index (χ1v) is 7.87. The van der Waals surface area contributed by atoms with Gasteiger partial charge in [0.15, 0.2) is 5.69 Å². The molecule has 1 atom stereocenters. The molecule has 0 radical (unpaired) electrons. The van der Waals surface area contributed by atoms with Crippen LogP contribution < -0.4 is 0 Å². The van der Waals surface area contributed by atoms with Crippen LogP contribution in [0.5, 0.6) is 0 Å². The van der Waals surface area contributed by atoms with Crippen molar-refractivity contribution in [3.8, 4) is 5.69 Å². The highest BCUT2D eigenvalue weighted by Crippen LogP contribution is 2.36. The minimum atomic E-state index is -4.80. The third-order valence-electron chi connectivity index (χ3n) is 4.55. The molecule has 1 saturated heterocycles. The van der Waals surface area contributed by atoms with Gasteiger partial charge in [-0.05, 0) is 25.5 Å². The second-order valence-electron chi connectivity index (χ2n) is 6.49. The lowest BCUT2D eigenvalue weighted by molar-refractivity contribution is -0.147. The maximum absolute atomic E-state index is 13.6. The fourth-order valence-corrected chi connectivity index (χ4v) is 3.02. The Bertz CT molecular complexity index is 848. The van der Waals surface area contributed by atoms with Crippen LogP contribution in [0.4, 0.5) is 13.2 Å². The molecule has 9 heteroatoms. The van der Waals surface area contributed by atoms with E-state index in [2.05, 4.69) is 5.10 Å². The van der Waals surface area contributed by atoms with Crippen molar-refractivity contribution >= 4 is 11.9 Å². The Morgan fingerprint density at radius 1 is 1.23 bits per heavy atom. The van der Waals surface area contributed by atoms with E-state index in [1.807, 2.05) is 0 Å². The molecule has 1 aromatic heterocycles. The van der Waals surface area contributed by atoms with Gasteiger partial charge < -0.3 is 10.0 Å². The van der Waals surface area contributed by atoms with Crippen molar-refractivity contribution in [2.75, 3.05) is 13.1 Å². The van der Waals surface area contributed by atoms with Gasteiger partial charge in [-0.2, -0.15) is 18.3 Å². The Labute approximate surface area is 146 Å². The number of benzene rings is 1. The van der Waals surface area contributed by atoms with E-state index >= 15 is 0 Å². The van der Waals surface area contributed by atoms with Gasteiger partial charge in [0.2, 0.25) is 0 Å². The fraction of sp³-hybridized carbons (Fsp3) is 0.353. The summed E-state index contributed by atoms with van der Waals surface area (Å²) in [7, 11) is 0. The number of carbonyl (C=O) groups is 2. The maximum Gasteiger partial charge on any atom is 0.434 e. The lowest BCUT2D eigenvalue weighted by Gasteiger charge is -2.20. The quantitative estimate of drug-likeness (QED) is 0.905. The highest BCUT2D eigenvalue weighted by Gasteiger charge is 2.46. The van der Waals surface area contributed by atoms with E-state index < -0.39 is 34.7 Å². The summed E-state index contributed by atoms with van der Waals surface area (Å²) in [5.74, 6) is -1.95. The number of carboxylic acids is 1. The molecular formula is C17H16F3N3O3. The first kappa shape index (κ1) is 18.0. The molecule has 1 N–H and O–H groups in total. The van der Waals surface area contributed by atoms with Gasteiger partial charge in [-0.15, -0.1) is 0 Å². The van der Waals surface area contributed by atoms with E-state index in [9.17, 15) is 27.9 Å². The highest BCUT2D eigenvalue weighted by molar-refractivity contribution is 5.96. The Hall–Kier alpha value is -2.84. The van der Waals surface area contributed by atoms with Crippen LogP contribution >= 0.6 is 0 Å². The normalized spacial score (nSPS) is 20.4. The van der Waals surface area contributed by atoms with E-state index in [1.54, 1.807) is 18.2 Å². The minimum Gasteiger partial charge on any atom is -0.481 e. The SMILES string of the molecule is CC1(C(=O)O)CCN(C(=O)c2cnn(-c3ccccc3)c2C(F)(F)F)C1. The number of para-hydroxylation sites is 1. The molecule has 1 aliphatic rings. The summed E-state index contributed by atoms with van der Waals surface area (Å²) >= 11 is 0. The predicted octanol–water partition coefficient (Wildman–Crippen LogP) is 2.83. The standard InChI is InChI=1S/C17H16F3N3O3/c1-16(15(25)26)7-8-22(10-16)14(24)12-9-21-23(13(12)17(18,19)20)11-5-3-2-4-6-11/h2-6,9H,7-8,10H2,1H3,(H,25,26). The number of halogens is 3. The smallest absolute Gasteiger partial charge is 0.434 e. The molecule has 0 saturated carbocycles. The molecule has 0 bridgehead atoms. The number of aromatic nitrogens is 2. The summed E-state index contributed by atoms with van der Waals surface area (Å²) in [5.41, 5.74) is -2.74. The topological polar surface area (TPSA) is 75.4 Å². The molecule has 1 amide bonds. The van der Waals surface area contributed by atoms with Crippen molar-refractivity contribution < 1.29 is 27.9 Å². The number of amides is 1. The van der Waals surface area contributed by atoms with E-state index in [0.29, 0.717) is 4.68 Å². The summed E-state index contributed by atoms with van der Waals surface area (Å²) in [6, 6.07) is 7.69. The van der Waals surface area contributed by atoms with Gasteiger partial charge in [-0.3, -0.25) is 9.59 Å². The van der Waals surface area contributed by atoms with E-state index in [0.717, 1.165) is 11.1 Å². The molecule has 1 unspecified atom stereocenters. The van der Waals surface area contributed by atoms with Crippen LogP contribution in [0.25, 0.3) is 5.69 Å². The summed E-state index contributed by atoms with van der Waals surface area (Å²) in [4.78, 5) is 25.1. The van der Waals surface area contributed by atoms with Crippen molar-refractivity contribution in [1.82, 2.24) is 14.7 Å². The average Bonchev–Trinajstić information content (AvgIpc) is 3.20. The monoisotopic (exact) mass is 367 g/mol. The summed E-state index contributed by atoms with van der Waals surface area (Å²) < 4.78 is 41.6. The van der Waals surface area contributed by atoms with Gasteiger partial charge in [0.1, 0.15) is 0 Å². The molecule has 0 spiro atoms. The molecule has 26 heavy (non-hydrogen) atoms. The molecule has 1 fully saturated rings. The molecule has 3 rings (SSSR count). The van der Waals surface area contributed by atoms with Gasteiger partial charge in [-0.25, -0.2) is 4.68 Å². The zero-order valence-corrected chi connectivity index (χ0v) is 13.8. The van der Waals surface area contributed by atoms with Crippen molar-refractivity contribution in [2.45, 2.75) is 19.5 Å². The largest absolute Gasteiger partial charge is 0.481 e. The minimum absolute atomic E-state index is 0.0788. The average molecular weight is 367 g/mol. The Morgan fingerprint density at radius 3 is 2.42 bits per heavy atom. The third-order valence-corrected chi connectivity index (χ3v) is 4.55. The van der Waals surface area contributed by atoms with Crippen LogP contribution in [-0.2, 0) is 11.0 Å². The zero-order valence-electron chi connectivity index (χ0n) is 13.8. The van der Waals surface area contributed by atoms with Crippen molar-refractivity contribution in [1.29, 1.82) is 0 Å². The third kappa shape index (κ3) is 3.04. The summed E-state index contributed by atoms with van der Waals surface area (Å²) in [5, 5.41) is 13.0. The van der Waals surface area contributed by atoms with Gasteiger partial charge in [-0.1, -0.05) is 18.2 Å². The molecule has 1 aromatic carbocycles. The first-order valence-electron chi connectivity index (χ1n) is 7.87. The van der Waals surface area contributed by atoms with Crippen LogP contribution in [0, 0.1) is 5.41 Å². The van der Waals surface area contributed by atoms with Gasteiger partial charge in [0, 0.05) is 13.1 Å². The summed E-state index contributed by atoms with van der Waals surface area (Å²) in [6.07, 6.45) is -3.73. The molecular weight excluding hydrogens is 351 g/mol. The summed E-state index contributed by atoms with van der Waals surface area (Å²) in [6.45, 7) is 1.41. The van der Waals surface area contributed by atoms with Crippen LogP contribution in [0.2, 0.25) is 0 Å². The van der Waals surface area contributed by atoms with Crippen LogP contribution in [0.1, 0.15) is 29.4 Å². The number of aliphatic carboxylic acids is 1. The molecule has 1 aliphatic heterocycles. The van der Waals surface area contributed by atoms with Gasteiger partial charge in [0.25, 0.3) is 5.91 Å². The molecule has 6 nitrogen and oxygen atoms in total. The Morgan fingerprint density at radius 2 is 1.88 bits per heavy atom. The van der Waals surface area contributed by atoms with Crippen LogP contribution in [0.15, 0.2) is 36.5 Å². The predicted molar refractivity (Wildman–Crippen MR) is 84.8 cm³/mol. The number of carbonyl (C=O) groups excluding carboxylic acids is 1. The number of hydrogen-bond donors (Lipinski definition) is 1. The second-order valence-corrected chi connectivity index (χ2v) is 6.49. The van der Waals surface area contributed by atoms with Crippen molar-refractivity contribution in [3.63, 3.8) is 0 Å². The number of carboxylic acid groups (broad SMARTS) is 1. The van der Waals surface area contributed by atoms with Crippen LogP contribution in [0.3, 0.4) is 0 Å². The Balaban J connectivity index is 2.00. The lowest BCUT2D eigenvalue weighted by Crippen LogP contribution is -2.35. The van der Waals surface area contributed by atoms with Gasteiger partial charge >= 0.3 is 12.1 Å². The number of rotatable bonds is 3. The van der Waals surface area contributed by atoms with E-state index in [1.165, 1.54) is 19.1 Å². The van der Waals surface area contributed by atoms with E-state index in [4.69, 9.17) is 0 Å². The zero-order chi connectivity index (χ0) is 19.1. The molecule has 138 valence electrons. The van der Waals surface area contributed by atoms with E-state index in [-0.39, 0.29) is 25.2 Å². The lowest BCUT2D eigenvalue weighted by atomic mass is 9.90. The number of likely N-dealkylation sites (tertiary alicyclic amines) is 1. The van der Waals surface area contributed by atoms with Gasteiger partial charge in [0.05, 0.1) is 22.9 Å². The molecule has 0 aliphatic carbocycles. The maximum atomic E-state index is 13.6. The highest BCUT2D eigenvalue weighted by atomic mass is 19.4. The number of hydrogen-bond acceptors (Lipinski definition) is 3. The van der Waals surface area contributed by atoms with Crippen molar-refractivity contribution in [3.05, 3.63) is 47.8 Å². The molecule has 2 aromatic rings. The second kappa shape index (κ2) is 6.15. The first-order chi connectivity index (χ1) is 12.1. The fourth-order valence-electron chi connectivity index (χ4n) is 3.02. The molecule has 2 heterocycles. The Kier molecular flexibility index (Phi) is 4.25. The number of nitrogens with zero attached hydrogens (tertiary/aromatic N) is 3.